The molecule has 0 spiro atoms. The predicted octanol–water partition coefficient (Wildman–Crippen LogP) is 4.00. The maximum atomic E-state index is 13.3. The van der Waals surface area contributed by atoms with Crippen LogP contribution in [0.3, 0.4) is 0 Å². The second kappa shape index (κ2) is 6.85. The summed E-state index contributed by atoms with van der Waals surface area (Å²) >= 11 is 0. The highest BCUT2D eigenvalue weighted by molar-refractivity contribution is 7.49. The third-order valence-corrected chi connectivity index (χ3v) is 4.61. The topological polar surface area (TPSA) is 99.2 Å². The van der Waals surface area contributed by atoms with Crippen LogP contribution in [-0.2, 0) is 4.57 Å². The van der Waals surface area contributed by atoms with Crippen LogP contribution in [0.15, 0.2) is 72.9 Å². The largest absolute Gasteiger partial charge is 0.647 e. The highest BCUT2D eigenvalue weighted by Crippen LogP contribution is 2.50. The van der Waals surface area contributed by atoms with Crippen molar-refractivity contribution in [1.82, 2.24) is 20.4 Å². The van der Waals surface area contributed by atoms with Crippen molar-refractivity contribution in [3.8, 4) is 17.2 Å². The van der Waals surface area contributed by atoms with Crippen LogP contribution in [0.4, 0.5) is 0 Å². The van der Waals surface area contributed by atoms with E-state index < -0.39 is 7.82 Å². The minimum atomic E-state index is -4.07. The molecule has 0 aliphatic rings. The van der Waals surface area contributed by atoms with E-state index in [0.29, 0.717) is 22.7 Å². The fraction of sp³-hybridized carbons (Fsp3) is 0. The number of para-hydroxylation sites is 2. The number of hydrogen-bond donors (Lipinski definition) is 1. The first-order valence-corrected chi connectivity index (χ1v) is 9.12. The van der Waals surface area contributed by atoms with E-state index in [4.69, 9.17) is 13.6 Å². The molecule has 0 fully saturated rings. The van der Waals surface area contributed by atoms with E-state index in [1.165, 1.54) is 12.3 Å². The van der Waals surface area contributed by atoms with Crippen LogP contribution in [0.5, 0.6) is 17.2 Å². The number of aromatic nitrogens is 4. The molecule has 0 amide bonds. The van der Waals surface area contributed by atoms with Crippen molar-refractivity contribution < 1.29 is 18.1 Å². The molecular formula is C17H13N4O4P. The highest BCUT2D eigenvalue weighted by Gasteiger charge is 2.34. The molecule has 8 nitrogen and oxygen atoms in total. The SMILES string of the molecule is O=P(Oc1ccccc1)(Oc1ccccc1)Oc1ccnc2n[nH]nc12. The number of phosphoric ester groups is 1. The first kappa shape index (κ1) is 16.1. The van der Waals surface area contributed by atoms with Gasteiger partial charge in [-0.15, -0.1) is 5.10 Å². The van der Waals surface area contributed by atoms with Gasteiger partial charge in [0.05, 0.1) is 0 Å². The number of benzene rings is 2. The van der Waals surface area contributed by atoms with E-state index >= 15 is 0 Å². The van der Waals surface area contributed by atoms with E-state index in [2.05, 4.69) is 20.4 Å². The first-order valence-electron chi connectivity index (χ1n) is 7.66. The van der Waals surface area contributed by atoms with Gasteiger partial charge in [0.25, 0.3) is 0 Å². The molecule has 0 radical (unpaired) electrons. The van der Waals surface area contributed by atoms with Crippen molar-refractivity contribution in [1.29, 1.82) is 0 Å². The molecular weight excluding hydrogens is 355 g/mol. The highest BCUT2D eigenvalue weighted by atomic mass is 31.2. The Balaban J connectivity index is 1.70. The number of aromatic amines is 1. The monoisotopic (exact) mass is 368 g/mol. The summed E-state index contributed by atoms with van der Waals surface area (Å²) in [5.74, 6) is 0.869. The van der Waals surface area contributed by atoms with E-state index in [1.807, 2.05) is 12.1 Å². The van der Waals surface area contributed by atoms with E-state index in [0.717, 1.165) is 0 Å². The molecule has 2 aromatic carbocycles. The van der Waals surface area contributed by atoms with Gasteiger partial charge >= 0.3 is 7.82 Å². The first-order chi connectivity index (χ1) is 12.7. The molecule has 0 bridgehead atoms. The molecule has 0 atom stereocenters. The molecule has 0 saturated heterocycles. The number of fused-ring (bicyclic) bond motifs is 1. The lowest BCUT2D eigenvalue weighted by Crippen LogP contribution is -2.08. The summed E-state index contributed by atoms with van der Waals surface area (Å²) in [7, 11) is -4.07. The van der Waals surface area contributed by atoms with Crippen LogP contribution in [0.2, 0.25) is 0 Å². The van der Waals surface area contributed by atoms with Crippen molar-refractivity contribution in [2.75, 3.05) is 0 Å². The Morgan fingerprint density at radius 1 is 0.769 bits per heavy atom. The van der Waals surface area contributed by atoms with Crippen molar-refractivity contribution in [3.63, 3.8) is 0 Å². The van der Waals surface area contributed by atoms with Crippen LogP contribution in [0.25, 0.3) is 11.2 Å². The van der Waals surface area contributed by atoms with Gasteiger partial charge in [-0.1, -0.05) is 36.4 Å². The van der Waals surface area contributed by atoms with Gasteiger partial charge in [0.15, 0.2) is 11.3 Å². The summed E-state index contributed by atoms with van der Waals surface area (Å²) in [6.45, 7) is 0. The van der Waals surface area contributed by atoms with Crippen molar-refractivity contribution >= 4 is 19.0 Å². The summed E-state index contributed by atoms with van der Waals surface area (Å²) in [5, 5.41) is 10.3. The van der Waals surface area contributed by atoms with Crippen molar-refractivity contribution in [3.05, 3.63) is 72.9 Å². The maximum absolute atomic E-state index is 13.3. The molecule has 4 rings (SSSR count). The van der Waals surface area contributed by atoms with Gasteiger partial charge in [0, 0.05) is 12.3 Å². The normalized spacial score (nSPS) is 11.2. The standard InChI is InChI=1S/C17H13N4O4P/c22-26(23-13-7-3-1-4-8-13,24-14-9-5-2-6-10-14)25-15-11-12-18-17-16(15)19-21-20-17/h1-12H,(H,18,19,20,21). The Kier molecular flexibility index (Phi) is 4.25. The summed E-state index contributed by atoms with van der Waals surface area (Å²) in [6, 6.07) is 18.8. The van der Waals surface area contributed by atoms with Gasteiger partial charge in [-0.2, -0.15) is 14.9 Å². The zero-order valence-corrected chi connectivity index (χ0v) is 14.2. The number of phosphoric acid groups is 1. The summed E-state index contributed by atoms with van der Waals surface area (Å²) < 4.78 is 30.1. The molecule has 1 N–H and O–H groups in total. The van der Waals surface area contributed by atoms with Crippen molar-refractivity contribution in [2.45, 2.75) is 0 Å². The number of pyridine rings is 1. The lowest BCUT2D eigenvalue weighted by Gasteiger charge is -2.19. The third-order valence-electron chi connectivity index (χ3n) is 3.32. The predicted molar refractivity (Wildman–Crippen MR) is 94.1 cm³/mol. The number of H-pyrrole nitrogens is 1. The second-order valence-electron chi connectivity index (χ2n) is 5.15. The lowest BCUT2D eigenvalue weighted by atomic mass is 10.3. The second-order valence-corrected chi connectivity index (χ2v) is 6.59. The Morgan fingerprint density at radius 3 is 2.00 bits per heavy atom. The zero-order valence-electron chi connectivity index (χ0n) is 13.4. The third kappa shape index (κ3) is 3.50. The smallest absolute Gasteiger partial charge is 0.386 e. The molecule has 0 saturated carbocycles. The number of rotatable bonds is 6. The molecule has 2 heterocycles. The Morgan fingerprint density at radius 2 is 1.38 bits per heavy atom. The molecule has 9 heteroatoms. The molecule has 4 aromatic rings. The molecule has 0 aliphatic heterocycles. The lowest BCUT2D eigenvalue weighted by molar-refractivity contribution is 0.299. The van der Waals surface area contributed by atoms with Gasteiger partial charge in [0.1, 0.15) is 11.5 Å². The van der Waals surface area contributed by atoms with Crippen LogP contribution < -0.4 is 13.6 Å². The summed E-state index contributed by atoms with van der Waals surface area (Å²) in [6.07, 6.45) is 1.47. The Labute approximate surface area is 148 Å². The number of hydrogen-bond acceptors (Lipinski definition) is 7. The van der Waals surface area contributed by atoms with Crippen LogP contribution in [-0.4, -0.2) is 20.4 Å². The van der Waals surface area contributed by atoms with Gasteiger partial charge in [0.2, 0.25) is 5.65 Å². The minimum absolute atomic E-state index is 0.180. The average Bonchev–Trinajstić information content (AvgIpc) is 3.13. The Hall–Kier alpha value is -3.38. The van der Waals surface area contributed by atoms with Crippen LogP contribution in [0, 0.1) is 0 Å². The summed E-state index contributed by atoms with van der Waals surface area (Å²) in [4.78, 5) is 4.04. The minimum Gasteiger partial charge on any atom is -0.386 e. The van der Waals surface area contributed by atoms with E-state index in [-0.39, 0.29) is 5.75 Å². The van der Waals surface area contributed by atoms with Crippen molar-refractivity contribution in [2.24, 2.45) is 0 Å². The van der Waals surface area contributed by atoms with Gasteiger partial charge in [-0.3, -0.25) is 0 Å². The number of nitrogens with zero attached hydrogens (tertiary/aromatic N) is 3. The maximum Gasteiger partial charge on any atom is 0.647 e. The zero-order chi connectivity index (χ0) is 17.8. The average molecular weight is 368 g/mol. The molecule has 130 valence electrons. The molecule has 26 heavy (non-hydrogen) atoms. The fourth-order valence-corrected chi connectivity index (χ4v) is 3.47. The van der Waals surface area contributed by atoms with E-state index in [1.54, 1.807) is 48.5 Å². The van der Waals surface area contributed by atoms with Gasteiger partial charge < -0.3 is 13.6 Å². The quantitative estimate of drug-likeness (QED) is 0.514. The van der Waals surface area contributed by atoms with E-state index in [9.17, 15) is 4.57 Å². The molecule has 0 aliphatic carbocycles. The van der Waals surface area contributed by atoms with Gasteiger partial charge in [-0.25, -0.2) is 4.98 Å². The Bertz CT molecular complexity index is 1010. The molecule has 2 aromatic heterocycles. The fourth-order valence-electron chi connectivity index (χ4n) is 2.21. The summed E-state index contributed by atoms with van der Waals surface area (Å²) in [5.41, 5.74) is 0.648. The van der Waals surface area contributed by atoms with Crippen LogP contribution in [0.1, 0.15) is 0 Å². The van der Waals surface area contributed by atoms with Crippen LogP contribution >= 0.6 is 7.82 Å². The number of nitrogens with one attached hydrogen (secondary N) is 1. The molecule has 0 unspecified atom stereocenters. The van der Waals surface area contributed by atoms with Gasteiger partial charge in [-0.05, 0) is 24.3 Å².